The van der Waals surface area contributed by atoms with Crippen molar-refractivity contribution in [2.24, 2.45) is 0 Å². The molecule has 0 fully saturated rings. The molecule has 0 unspecified atom stereocenters. The average molecular weight is 223 g/mol. The Labute approximate surface area is 97.2 Å². The number of rotatable bonds is 7. The third kappa shape index (κ3) is 4.09. The Bertz CT molecular complexity index is 317. The van der Waals surface area contributed by atoms with Crippen molar-refractivity contribution in [3.8, 4) is 5.88 Å². The summed E-state index contributed by atoms with van der Waals surface area (Å²) in [6.07, 6.45) is 8.13. The lowest BCUT2D eigenvalue weighted by Crippen LogP contribution is -2.07. The van der Waals surface area contributed by atoms with E-state index in [1.54, 1.807) is 6.92 Å². The number of aromatic amines is 1. The van der Waals surface area contributed by atoms with Gasteiger partial charge in [0.2, 0.25) is 5.88 Å². The van der Waals surface area contributed by atoms with E-state index in [1.165, 1.54) is 19.3 Å². The number of hydrogen-bond donors (Lipinski definition) is 1. The van der Waals surface area contributed by atoms with Gasteiger partial charge in [-0.15, -0.1) is 0 Å². The fourth-order valence-electron chi connectivity index (χ4n) is 1.61. The number of hydrogen-bond acceptors (Lipinski definition) is 2. The number of nitrogens with one attached hydrogen (secondary N) is 1. The zero-order valence-corrected chi connectivity index (χ0v) is 10.2. The van der Waals surface area contributed by atoms with Gasteiger partial charge in [-0.3, -0.25) is 4.79 Å². The Morgan fingerprint density at radius 2 is 2.12 bits per heavy atom. The lowest BCUT2D eigenvalue weighted by atomic mass is 10.1. The quantitative estimate of drug-likeness (QED) is 0.568. The molecule has 1 N–H and O–H groups in total. The highest BCUT2D eigenvalue weighted by molar-refractivity contribution is 5.71. The van der Waals surface area contributed by atoms with Gasteiger partial charge in [0.25, 0.3) is 0 Å². The molecular weight excluding hydrogens is 202 g/mol. The SMILES string of the molecule is CCCCCCc1cc[nH]c1OC(=O)CC. The van der Waals surface area contributed by atoms with Crippen LogP contribution >= 0.6 is 0 Å². The van der Waals surface area contributed by atoms with Crippen molar-refractivity contribution in [1.82, 2.24) is 4.98 Å². The molecule has 0 saturated carbocycles. The first kappa shape index (κ1) is 12.8. The average Bonchev–Trinajstić information content (AvgIpc) is 2.72. The van der Waals surface area contributed by atoms with Crippen LogP contribution in [0.4, 0.5) is 0 Å². The van der Waals surface area contributed by atoms with Crippen LogP contribution in [0.15, 0.2) is 12.3 Å². The standard InChI is InChI=1S/C13H21NO2/c1-3-5-6-7-8-11-9-10-14-13(11)16-12(15)4-2/h9-10,14H,3-8H2,1-2H3. The van der Waals surface area contributed by atoms with E-state index in [0.717, 1.165) is 18.4 Å². The van der Waals surface area contributed by atoms with Gasteiger partial charge >= 0.3 is 5.97 Å². The molecule has 0 bridgehead atoms. The minimum atomic E-state index is -0.183. The summed E-state index contributed by atoms with van der Waals surface area (Å²) in [5.41, 5.74) is 1.11. The first-order valence-corrected chi connectivity index (χ1v) is 6.14. The Kier molecular flexibility index (Phi) is 5.68. The molecule has 3 heteroatoms. The van der Waals surface area contributed by atoms with Gasteiger partial charge in [-0.25, -0.2) is 0 Å². The minimum Gasteiger partial charge on any atom is -0.409 e. The van der Waals surface area contributed by atoms with Gasteiger partial charge in [-0.1, -0.05) is 33.1 Å². The highest BCUT2D eigenvalue weighted by atomic mass is 16.5. The molecule has 1 aromatic rings. The maximum atomic E-state index is 11.2. The smallest absolute Gasteiger partial charge is 0.312 e. The summed E-state index contributed by atoms with van der Waals surface area (Å²) in [5, 5.41) is 0. The molecule has 0 spiro atoms. The first-order valence-electron chi connectivity index (χ1n) is 6.14. The topological polar surface area (TPSA) is 42.1 Å². The number of esters is 1. The molecule has 0 saturated heterocycles. The lowest BCUT2D eigenvalue weighted by Gasteiger charge is -2.04. The Balaban J connectivity index is 2.41. The molecule has 0 aliphatic heterocycles. The molecule has 1 aromatic heterocycles. The number of unbranched alkanes of at least 4 members (excludes halogenated alkanes) is 3. The normalized spacial score (nSPS) is 10.4. The highest BCUT2D eigenvalue weighted by Crippen LogP contribution is 2.19. The van der Waals surface area contributed by atoms with E-state index in [9.17, 15) is 4.79 Å². The predicted octanol–water partition coefficient (Wildman–Crippen LogP) is 3.45. The molecule has 1 heterocycles. The summed E-state index contributed by atoms with van der Waals surface area (Å²) < 4.78 is 5.20. The number of carbonyl (C=O) groups is 1. The second kappa shape index (κ2) is 7.09. The zero-order chi connectivity index (χ0) is 11.8. The lowest BCUT2D eigenvalue weighted by molar-refractivity contribution is -0.134. The molecule has 1 rings (SSSR count). The van der Waals surface area contributed by atoms with E-state index >= 15 is 0 Å². The Morgan fingerprint density at radius 3 is 2.81 bits per heavy atom. The summed E-state index contributed by atoms with van der Waals surface area (Å²) >= 11 is 0. The van der Waals surface area contributed by atoms with Crippen LogP contribution in [0.3, 0.4) is 0 Å². The summed E-state index contributed by atoms with van der Waals surface area (Å²) in [7, 11) is 0. The fraction of sp³-hybridized carbons (Fsp3) is 0.615. The first-order chi connectivity index (χ1) is 7.77. The molecule has 16 heavy (non-hydrogen) atoms. The van der Waals surface area contributed by atoms with Gasteiger partial charge in [0, 0.05) is 18.2 Å². The van der Waals surface area contributed by atoms with Gasteiger partial charge in [-0.05, 0) is 18.9 Å². The van der Waals surface area contributed by atoms with Crippen molar-refractivity contribution in [2.45, 2.75) is 52.4 Å². The van der Waals surface area contributed by atoms with E-state index in [-0.39, 0.29) is 5.97 Å². The van der Waals surface area contributed by atoms with E-state index in [2.05, 4.69) is 11.9 Å². The van der Waals surface area contributed by atoms with Crippen molar-refractivity contribution in [3.63, 3.8) is 0 Å². The van der Waals surface area contributed by atoms with E-state index in [4.69, 9.17) is 4.74 Å². The van der Waals surface area contributed by atoms with Crippen LogP contribution in [-0.4, -0.2) is 11.0 Å². The van der Waals surface area contributed by atoms with Crippen molar-refractivity contribution >= 4 is 5.97 Å². The van der Waals surface area contributed by atoms with Crippen molar-refractivity contribution in [3.05, 3.63) is 17.8 Å². The van der Waals surface area contributed by atoms with Gasteiger partial charge in [0.05, 0.1) is 0 Å². The number of carbonyl (C=O) groups excluding carboxylic acids is 1. The molecule has 0 amide bonds. The number of ether oxygens (including phenoxy) is 1. The van der Waals surface area contributed by atoms with Crippen LogP contribution in [0, 0.1) is 0 Å². The zero-order valence-electron chi connectivity index (χ0n) is 10.2. The number of aromatic nitrogens is 1. The van der Waals surface area contributed by atoms with Gasteiger partial charge in [0.15, 0.2) is 0 Å². The maximum absolute atomic E-state index is 11.2. The second-order valence-electron chi connectivity index (χ2n) is 3.97. The van der Waals surface area contributed by atoms with Crippen LogP contribution in [-0.2, 0) is 11.2 Å². The monoisotopic (exact) mass is 223 g/mol. The summed E-state index contributed by atoms with van der Waals surface area (Å²) in [5.74, 6) is 0.445. The maximum Gasteiger partial charge on any atom is 0.312 e. The summed E-state index contributed by atoms with van der Waals surface area (Å²) in [6, 6.07) is 1.99. The fourth-order valence-corrected chi connectivity index (χ4v) is 1.61. The van der Waals surface area contributed by atoms with Crippen LogP contribution in [0.5, 0.6) is 5.88 Å². The van der Waals surface area contributed by atoms with E-state index < -0.39 is 0 Å². The third-order valence-corrected chi connectivity index (χ3v) is 2.59. The van der Waals surface area contributed by atoms with Crippen LogP contribution in [0.2, 0.25) is 0 Å². The summed E-state index contributed by atoms with van der Waals surface area (Å²) in [4.78, 5) is 14.1. The predicted molar refractivity (Wildman–Crippen MR) is 64.6 cm³/mol. The Hall–Kier alpha value is -1.25. The molecule has 0 atom stereocenters. The van der Waals surface area contributed by atoms with E-state index in [1.807, 2.05) is 12.3 Å². The number of aryl methyl sites for hydroxylation is 1. The Morgan fingerprint density at radius 1 is 1.31 bits per heavy atom. The van der Waals surface area contributed by atoms with Crippen LogP contribution in [0.1, 0.15) is 51.5 Å². The molecule has 0 aromatic carbocycles. The van der Waals surface area contributed by atoms with Gasteiger partial charge < -0.3 is 9.72 Å². The van der Waals surface area contributed by atoms with Crippen molar-refractivity contribution in [1.29, 1.82) is 0 Å². The molecule has 3 nitrogen and oxygen atoms in total. The number of H-pyrrole nitrogens is 1. The molecular formula is C13H21NO2. The van der Waals surface area contributed by atoms with Gasteiger partial charge in [-0.2, -0.15) is 0 Å². The third-order valence-electron chi connectivity index (χ3n) is 2.59. The van der Waals surface area contributed by atoms with Gasteiger partial charge in [0.1, 0.15) is 0 Å². The van der Waals surface area contributed by atoms with E-state index in [0.29, 0.717) is 12.3 Å². The van der Waals surface area contributed by atoms with Crippen molar-refractivity contribution in [2.75, 3.05) is 0 Å². The summed E-state index contributed by atoms with van der Waals surface area (Å²) in [6.45, 7) is 4.00. The largest absolute Gasteiger partial charge is 0.409 e. The highest BCUT2D eigenvalue weighted by Gasteiger charge is 2.08. The second-order valence-corrected chi connectivity index (χ2v) is 3.97. The molecule has 90 valence electrons. The van der Waals surface area contributed by atoms with Crippen LogP contribution < -0.4 is 4.74 Å². The minimum absolute atomic E-state index is 0.183. The van der Waals surface area contributed by atoms with Crippen molar-refractivity contribution < 1.29 is 9.53 Å². The molecule has 0 aliphatic rings. The molecule has 0 radical (unpaired) electrons. The van der Waals surface area contributed by atoms with Crippen LogP contribution in [0.25, 0.3) is 0 Å². The molecule has 0 aliphatic carbocycles.